The maximum absolute atomic E-state index is 13.2. The molecule has 4 aromatic rings. The molecular formula is C34H36N2O8. The number of benzene rings is 3. The fraction of sp³-hybridized carbons (Fsp3) is 0.324. The predicted molar refractivity (Wildman–Crippen MR) is 163 cm³/mol. The first kappa shape index (κ1) is 30.9. The zero-order valence-corrected chi connectivity index (χ0v) is 25.1. The van der Waals surface area contributed by atoms with E-state index in [1.54, 1.807) is 21.1 Å². The molecule has 0 aliphatic carbocycles. The van der Waals surface area contributed by atoms with Crippen LogP contribution in [0.15, 0.2) is 94.6 Å². The molecule has 0 bridgehead atoms. The van der Waals surface area contributed by atoms with E-state index in [0.717, 1.165) is 21.3 Å². The van der Waals surface area contributed by atoms with Gasteiger partial charge in [0.2, 0.25) is 0 Å². The summed E-state index contributed by atoms with van der Waals surface area (Å²) in [5.74, 6) is 1.05. The molecule has 10 heteroatoms. The number of Topliss-reactive ketones (excluding diaryl/α,β-unsaturated/α-hetero) is 1. The minimum atomic E-state index is -1.12. The fourth-order valence-corrected chi connectivity index (χ4v) is 5.64. The van der Waals surface area contributed by atoms with Crippen molar-refractivity contribution in [2.75, 3.05) is 20.8 Å². The summed E-state index contributed by atoms with van der Waals surface area (Å²) in [6.45, 7) is 2.50. The second kappa shape index (κ2) is 13.0. The van der Waals surface area contributed by atoms with E-state index in [4.69, 9.17) is 18.9 Å². The average molecular weight is 601 g/mol. The highest BCUT2D eigenvalue weighted by atomic mass is 16.6. The Morgan fingerprint density at radius 3 is 1.98 bits per heavy atom. The van der Waals surface area contributed by atoms with Gasteiger partial charge in [0.25, 0.3) is 5.56 Å². The van der Waals surface area contributed by atoms with Gasteiger partial charge in [0.1, 0.15) is 35.2 Å². The minimum Gasteiger partial charge on any atom is -0.497 e. The Balaban J connectivity index is 1.53. The maximum Gasteiger partial charge on any atom is 0.333 e. The molecule has 2 heterocycles. The summed E-state index contributed by atoms with van der Waals surface area (Å²) >= 11 is 0. The summed E-state index contributed by atoms with van der Waals surface area (Å²) in [7, 11) is 3.21. The summed E-state index contributed by atoms with van der Waals surface area (Å²) in [5, 5.41) is 11.1. The lowest BCUT2D eigenvalue weighted by Crippen LogP contribution is -2.43. The predicted octanol–water partition coefficient (Wildman–Crippen LogP) is 3.58. The summed E-state index contributed by atoms with van der Waals surface area (Å²) in [6.07, 6.45) is -1.14. The van der Waals surface area contributed by atoms with Crippen LogP contribution in [-0.2, 0) is 26.4 Å². The van der Waals surface area contributed by atoms with Crippen molar-refractivity contribution < 1.29 is 28.8 Å². The maximum atomic E-state index is 13.2. The number of hydrogen-bond donors (Lipinski definition) is 1. The molecule has 0 spiro atoms. The Bertz CT molecular complexity index is 1660. The Labute approximate surface area is 255 Å². The lowest BCUT2D eigenvalue weighted by atomic mass is 9.80. The lowest BCUT2D eigenvalue weighted by Gasteiger charge is -2.37. The van der Waals surface area contributed by atoms with Crippen LogP contribution >= 0.6 is 0 Å². The fourth-order valence-electron chi connectivity index (χ4n) is 5.64. The average Bonchev–Trinajstić information content (AvgIpc) is 3.42. The van der Waals surface area contributed by atoms with Gasteiger partial charge >= 0.3 is 5.69 Å². The zero-order valence-electron chi connectivity index (χ0n) is 25.1. The molecule has 0 unspecified atom stereocenters. The van der Waals surface area contributed by atoms with Crippen molar-refractivity contribution in [3.05, 3.63) is 128 Å². The number of carbonyl (C=O) groups is 1. The van der Waals surface area contributed by atoms with E-state index < -0.39 is 35.3 Å². The number of aromatic nitrogens is 2. The van der Waals surface area contributed by atoms with Crippen LogP contribution in [0.2, 0.25) is 0 Å². The van der Waals surface area contributed by atoms with Crippen LogP contribution < -0.4 is 20.7 Å². The molecule has 0 radical (unpaired) electrons. The Morgan fingerprint density at radius 2 is 1.45 bits per heavy atom. The third kappa shape index (κ3) is 5.96. The van der Waals surface area contributed by atoms with Gasteiger partial charge < -0.3 is 24.1 Å². The van der Waals surface area contributed by atoms with Crippen LogP contribution in [0.1, 0.15) is 41.8 Å². The molecule has 230 valence electrons. The van der Waals surface area contributed by atoms with Gasteiger partial charge in [-0.2, -0.15) is 0 Å². The molecule has 1 N–H and O–H groups in total. The number of nitrogens with zero attached hydrogens (tertiary/aromatic N) is 2. The Kier molecular flexibility index (Phi) is 9.14. The van der Waals surface area contributed by atoms with Gasteiger partial charge in [-0.25, -0.2) is 4.79 Å². The molecule has 1 saturated heterocycles. The van der Waals surface area contributed by atoms with Crippen molar-refractivity contribution in [2.24, 2.45) is 0 Å². The van der Waals surface area contributed by atoms with Crippen molar-refractivity contribution in [3.63, 3.8) is 0 Å². The summed E-state index contributed by atoms with van der Waals surface area (Å²) in [5.41, 5.74) is 0.441. The number of aliphatic hydroxyl groups is 1. The van der Waals surface area contributed by atoms with Crippen molar-refractivity contribution in [3.8, 4) is 11.5 Å². The van der Waals surface area contributed by atoms with Crippen molar-refractivity contribution in [1.29, 1.82) is 0 Å². The first-order valence-electron chi connectivity index (χ1n) is 14.3. The van der Waals surface area contributed by atoms with E-state index in [2.05, 4.69) is 0 Å². The molecule has 44 heavy (non-hydrogen) atoms. The molecule has 1 aromatic heterocycles. The third-order valence-corrected chi connectivity index (χ3v) is 7.90. The molecule has 1 fully saturated rings. The van der Waals surface area contributed by atoms with E-state index in [0.29, 0.717) is 11.5 Å². The highest BCUT2D eigenvalue weighted by molar-refractivity contribution is 5.75. The van der Waals surface area contributed by atoms with E-state index >= 15 is 0 Å². The van der Waals surface area contributed by atoms with Gasteiger partial charge in [-0.05, 0) is 54.8 Å². The highest BCUT2D eigenvalue weighted by Crippen LogP contribution is 2.42. The van der Waals surface area contributed by atoms with Crippen LogP contribution in [0.25, 0.3) is 0 Å². The van der Waals surface area contributed by atoms with Gasteiger partial charge in [0.15, 0.2) is 0 Å². The normalized spacial score (nSPS) is 18.2. The standard InChI is InChI=1S/C34H36N2O8/c1-22-19-35(33(40)36(32(22)39)20-23(2)37)31-18-29(38)30(44-31)21-43-34(24-8-6-5-7-9-24,25-10-14-27(41-3)15-11-25)26-12-16-28(42-4)17-13-26/h5-17,19,29-31,38H,18,20-21H2,1-4H3/t29-,30+,31+/m0/s1. The first-order chi connectivity index (χ1) is 21.2. The van der Waals surface area contributed by atoms with Gasteiger partial charge in [0.05, 0.1) is 33.5 Å². The molecule has 3 atom stereocenters. The van der Waals surface area contributed by atoms with Crippen LogP contribution in [0.4, 0.5) is 0 Å². The molecule has 10 nitrogen and oxygen atoms in total. The quantitative estimate of drug-likeness (QED) is 0.260. The molecule has 1 aliphatic heterocycles. The molecular weight excluding hydrogens is 564 g/mol. The Hall–Kier alpha value is -4.51. The number of ether oxygens (including phenoxy) is 4. The van der Waals surface area contributed by atoms with Gasteiger partial charge in [0, 0.05) is 18.2 Å². The summed E-state index contributed by atoms with van der Waals surface area (Å²) in [4.78, 5) is 37.6. The number of rotatable bonds is 11. The van der Waals surface area contributed by atoms with Crippen molar-refractivity contribution in [2.45, 2.75) is 50.8 Å². The number of aliphatic hydroxyl groups excluding tert-OH is 1. The van der Waals surface area contributed by atoms with Crippen molar-refractivity contribution >= 4 is 5.78 Å². The SMILES string of the molecule is COc1ccc(C(OC[C@H]2O[C@@H](n3cc(C)c(=O)n(CC(C)=O)c3=O)C[C@@H]2O)(c2ccccc2)c2ccc(OC)cc2)cc1. The zero-order chi connectivity index (χ0) is 31.4. The number of methoxy groups -OCH3 is 2. The minimum absolute atomic E-state index is 0.0363. The van der Waals surface area contributed by atoms with Crippen molar-refractivity contribution in [1.82, 2.24) is 9.13 Å². The highest BCUT2D eigenvalue weighted by Gasteiger charge is 2.42. The smallest absolute Gasteiger partial charge is 0.333 e. The second-order valence-electron chi connectivity index (χ2n) is 10.8. The largest absolute Gasteiger partial charge is 0.497 e. The lowest BCUT2D eigenvalue weighted by molar-refractivity contribution is -0.117. The third-order valence-electron chi connectivity index (χ3n) is 7.90. The van der Waals surface area contributed by atoms with E-state index in [9.17, 15) is 19.5 Å². The molecule has 3 aromatic carbocycles. The first-order valence-corrected chi connectivity index (χ1v) is 14.3. The molecule has 0 saturated carbocycles. The second-order valence-corrected chi connectivity index (χ2v) is 10.8. The van der Waals surface area contributed by atoms with Crippen LogP contribution in [0.3, 0.4) is 0 Å². The van der Waals surface area contributed by atoms with Gasteiger partial charge in [-0.15, -0.1) is 0 Å². The van der Waals surface area contributed by atoms with Crippen LogP contribution in [0.5, 0.6) is 11.5 Å². The van der Waals surface area contributed by atoms with Gasteiger partial charge in [-0.3, -0.25) is 18.7 Å². The monoisotopic (exact) mass is 600 g/mol. The molecule has 5 rings (SSSR count). The van der Waals surface area contributed by atoms with E-state index in [-0.39, 0.29) is 30.9 Å². The Morgan fingerprint density at radius 1 is 0.909 bits per heavy atom. The molecule has 0 amide bonds. The number of ketones is 1. The molecule has 1 aliphatic rings. The van der Waals surface area contributed by atoms with E-state index in [1.165, 1.54) is 17.7 Å². The van der Waals surface area contributed by atoms with Crippen LogP contribution in [0, 0.1) is 6.92 Å². The number of hydrogen-bond acceptors (Lipinski definition) is 8. The summed E-state index contributed by atoms with van der Waals surface area (Å²) < 4.78 is 26.1. The number of aryl methyl sites for hydroxylation is 1. The van der Waals surface area contributed by atoms with Gasteiger partial charge in [-0.1, -0.05) is 54.6 Å². The van der Waals surface area contributed by atoms with E-state index in [1.807, 2.05) is 78.9 Å². The number of carbonyl (C=O) groups excluding carboxylic acids is 1. The topological polar surface area (TPSA) is 118 Å². The van der Waals surface area contributed by atoms with Crippen LogP contribution in [-0.4, -0.2) is 53.1 Å². The summed E-state index contributed by atoms with van der Waals surface area (Å²) in [6, 6.07) is 24.9.